The molecule has 0 atom stereocenters. The molecule has 1 amide bonds. The highest BCUT2D eigenvalue weighted by Gasteiger charge is 2.42. The van der Waals surface area contributed by atoms with Crippen molar-refractivity contribution < 1.29 is 22.8 Å². The van der Waals surface area contributed by atoms with E-state index in [1.165, 1.54) is 0 Å². The van der Waals surface area contributed by atoms with Gasteiger partial charge in [0.05, 0.1) is 4.88 Å². The molecule has 0 aliphatic heterocycles. The monoisotopic (exact) mass is 432 g/mol. The van der Waals surface area contributed by atoms with Crippen molar-refractivity contribution >= 4 is 50.3 Å². The number of hydrogen-bond donors (Lipinski definition) is 1. The van der Waals surface area contributed by atoms with E-state index in [1.54, 1.807) is 35.7 Å². The molecule has 0 saturated carbocycles. The van der Waals surface area contributed by atoms with Crippen LogP contribution in [0.1, 0.15) is 20.0 Å². The van der Waals surface area contributed by atoms with Gasteiger partial charge in [-0.05, 0) is 34.4 Å². The van der Waals surface area contributed by atoms with Crippen LogP contribution in [0.2, 0.25) is 0 Å². The Morgan fingerprint density at radius 1 is 0.966 bits per heavy atom. The number of aromatic nitrogens is 1. The highest BCUT2D eigenvalue weighted by atomic mass is 32.1. The molecule has 4 aromatic rings. The van der Waals surface area contributed by atoms with Gasteiger partial charge in [-0.2, -0.15) is 13.2 Å². The van der Waals surface area contributed by atoms with E-state index in [0.29, 0.717) is 21.8 Å². The fraction of sp³-hybridized carbons (Fsp3) is 0.0500. The molecule has 1 N–H and O–H groups in total. The van der Waals surface area contributed by atoms with Gasteiger partial charge in [0, 0.05) is 5.56 Å². The lowest BCUT2D eigenvalue weighted by molar-refractivity contribution is -0.0882. The fourth-order valence-electron chi connectivity index (χ4n) is 2.74. The summed E-state index contributed by atoms with van der Waals surface area (Å²) in [6.07, 6.45) is -5.03. The quantitative estimate of drug-likeness (QED) is 0.401. The van der Waals surface area contributed by atoms with Gasteiger partial charge >= 0.3 is 6.18 Å². The maximum Gasteiger partial charge on any atom is 0.455 e. The van der Waals surface area contributed by atoms with Gasteiger partial charge < -0.3 is 0 Å². The molecule has 4 rings (SSSR count). The van der Waals surface area contributed by atoms with E-state index in [0.717, 1.165) is 22.1 Å². The molecule has 0 aliphatic rings. The molecule has 29 heavy (non-hydrogen) atoms. The van der Waals surface area contributed by atoms with Gasteiger partial charge in [-0.1, -0.05) is 47.7 Å². The minimum absolute atomic E-state index is 0.0702. The lowest BCUT2D eigenvalue weighted by atomic mass is 10.1. The van der Waals surface area contributed by atoms with Crippen LogP contribution in [0.4, 0.5) is 18.3 Å². The number of halogens is 3. The zero-order chi connectivity index (χ0) is 20.6. The fourth-order valence-corrected chi connectivity index (χ4v) is 4.46. The highest BCUT2D eigenvalue weighted by molar-refractivity contribution is 7.19. The Morgan fingerprint density at radius 2 is 1.72 bits per heavy atom. The number of rotatable bonds is 4. The maximum atomic E-state index is 13.0. The first-order valence-corrected chi connectivity index (χ1v) is 9.99. The van der Waals surface area contributed by atoms with E-state index in [9.17, 15) is 22.8 Å². The summed E-state index contributed by atoms with van der Waals surface area (Å²) in [5.74, 6) is -2.50. The number of thiophene rings is 1. The van der Waals surface area contributed by atoms with Gasteiger partial charge in [0.25, 0.3) is 11.7 Å². The summed E-state index contributed by atoms with van der Waals surface area (Å²) >= 11 is 1.67. The first-order chi connectivity index (χ1) is 13.8. The number of alkyl halides is 3. The number of thiazole rings is 1. The maximum absolute atomic E-state index is 13.0. The lowest BCUT2D eigenvalue weighted by Gasteiger charge is -2.04. The molecular formula is C20H11F3N2O2S2. The Morgan fingerprint density at radius 3 is 2.41 bits per heavy atom. The van der Waals surface area contributed by atoms with Gasteiger partial charge in [0.1, 0.15) is 10.6 Å². The molecule has 0 unspecified atom stereocenters. The van der Waals surface area contributed by atoms with Crippen LogP contribution >= 0.6 is 22.7 Å². The summed E-state index contributed by atoms with van der Waals surface area (Å²) in [7, 11) is 0. The molecule has 0 spiro atoms. The normalized spacial score (nSPS) is 11.6. The Labute approximate surface area is 170 Å². The minimum atomic E-state index is -5.03. The summed E-state index contributed by atoms with van der Waals surface area (Å²) in [6, 6.07) is 15.8. The Hall–Kier alpha value is -3.04. The summed E-state index contributed by atoms with van der Waals surface area (Å²) in [5, 5.41) is 5.91. The average Bonchev–Trinajstić information content (AvgIpc) is 3.36. The third-order valence-corrected chi connectivity index (χ3v) is 5.92. The van der Waals surface area contributed by atoms with Gasteiger partial charge in [-0.15, -0.1) is 11.3 Å². The van der Waals surface area contributed by atoms with Crippen molar-refractivity contribution in [1.29, 1.82) is 0 Å². The van der Waals surface area contributed by atoms with Crippen LogP contribution < -0.4 is 5.32 Å². The van der Waals surface area contributed by atoms with Crippen molar-refractivity contribution in [3.05, 3.63) is 70.4 Å². The molecule has 0 aliphatic carbocycles. The lowest BCUT2D eigenvalue weighted by Crippen LogP contribution is -2.22. The Balaban J connectivity index is 1.67. The van der Waals surface area contributed by atoms with Crippen LogP contribution in [0, 0.1) is 0 Å². The van der Waals surface area contributed by atoms with Crippen LogP contribution in [0.25, 0.3) is 21.3 Å². The number of hydrogen-bond acceptors (Lipinski definition) is 5. The molecule has 2 aromatic heterocycles. The topological polar surface area (TPSA) is 59.1 Å². The number of amides is 1. The number of nitrogens with zero attached hydrogens (tertiary/aromatic N) is 1. The number of carbonyl (C=O) groups excluding carboxylic acids is 2. The predicted octanol–water partition coefficient (Wildman–Crippen LogP) is 6.02. The number of fused-ring (bicyclic) bond motifs is 1. The molecule has 9 heteroatoms. The molecule has 4 nitrogen and oxygen atoms in total. The first kappa shape index (κ1) is 19.3. The van der Waals surface area contributed by atoms with Crippen LogP contribution in [0.15, 0.2) is 60.0 Å². The molecule has 0 saturated heterocycles. The number of carbonyl (C=O) groups is 2. The first-order valence-electron chi connectivity index (χ1n) is 8.29. The molecule has 146 valence electrons. The number of benzene rings is 2. The minimum Gasteiger partial charge on any atom is -0.298 e. The molecular weight excluding hydrogens is 421 g/mol. The summed E-state index contributed by atoms with van der Waals surface area (Å²) < 4.78 is 39.0. The standard InChI is InChI=1S/C20H11F3N2O2S2/c21-20(22,23)17(26)16-15(14-6-3-9-28-14)24-19(29-16)25-18(27)13-8-7-11-4-1-2-5-12(11)10-13/h1-10H,(H,24,25,27). The van der Waals surface area contributed by atoms with E-state index in [1.807, 2.05) is 24.3 Å². The number of nitrogens with one attached hydrogen (secondary N) is 1. The third-order valence-electron chi connectivity index (χ3n) is 4.08. The van der Waals surface area contributed by atoms with Crippen molar-refractivity contribution in [2.45, 2.75) is 6.18 Å². The highest BCUT2D eigenvalue weighted by Crippen LogP contribution is 2.37. The summed E-state index contributed by atoms with van der Waals surface area (Å²) in [5.41, 5.74) is 0.251. The van der Waals surface area contributed by atoms with Crippen molar-refractivity contribution in [2.75, 3.05) is 5.32 Å². The van der Waals surface area contributed by atoms with Crippen LogP contribution in [0.3, 0.4) is 0 Å². The average molecular weight is 432 g/mol. The zero-order valence-electron chi connectivity index (χ0n) is 14.5. The van der Waals surface area contributed by atoms with E-state index < -0.39 is 22.7 Å². The van der Waals surface area contributed by atoms with E-state index in [4.69, 9.17) is 0 Å². The van der Waals surface area contributed by atoms with E-state index in [2.05, 4.69) is 10.3 Å². The zero-order valence-corrected chi connectivity index (χ0v) is 16.1. The Kier molecular flexibility index (Phi) is 4.93. The summed E-state index contributed by atoms with van der Waals surface area (Å²) in [4.78, 5) is 28.4. The van der Waals surface area contributed by atoms with Crippen LogP contribution in [0.5, 0.6) is 0 Å². The second-order valence-electron chi connectivity index (χ2n) is 6.02. The molecule has 0 bridgehead atoms. The summed E-state index contributed by atoms with van der Waals surface area (Å²) in [6.45, 7) is 0. The van der Waals surface area contributed by atoms with Crippen LogP contribution in [-0.2, 0) is 0 Å². The predicted molar refractivity (Wildman–Crippen MR) is 108 cm³/mol. The molecule has 0 fully saturated rings. The molecule has 2 aromatic carbocycles. The smallest absolute Gasteiger partial charge is 0.298 e. The number of ketones is 1. The number of Topliss-reactive ketones (excluding diaryl/α,β-unsaturated/α-hetero) is 1. The molecule has 2 heterocycles. The van der Waals surface area contributed by atoms with Gasteiger partial charge in [0.15, 0.2) is 5.13 Å². The van der Waals surface area contributed by atoms with E-state index in [-0.39, 0.29) is 10.8 Å². The van der Waals surface area contributed by atoms with Gasteiger partial charge in [-0.25, -0.2) is 4.98 Å². The second-order valence-corrected chi connectivity index (χ2v) is 7.96. The number of anilines is 1. The van der Waals surface area contributed by atoms with Gasteiger partial charge in [-0.3, -0.25) is 14.9 Å². The van der Waals surface area contributed by atoms with Crippen molar-refractivity contribution in [3.8, 4) is 10.6 Å². The second kappa shape index (κ2) is 7.41. The SMILES string of the molecule is O=C(Nc1nc(-c2cccs2)c(C(=O)C(F)(F)F)s1)c1ccc2ccccc2c1. The largest absolute Gasteiger partial charge is 0.455 e. The van der Waals surface area contributed by atoms with Gasteiger partial charge in [0.2, 0.25) is 0 Å². The van der Waals surface area contributed by atoms with Crippen molar-refractivity contribution in [1.82, 2.24) is 4.98 Å². The Bertz CT molecular complexity index is 1210. The van der Waals surface area contributed by atoms with Crippen molar-refractivity contribution in [3.63, 3.8) is 0 Å². The third kappa shape index (κ3) is 3.92. The van der Waals surface area contributed by atoms with Crippen LogP contribution in [-0.4, -0.2) is 22.9 Å². The van der Waals surface area contributed by atoms with Crippen molar-refractivity contribution in [2.24, 2.45) is 0 Å². The molecule has 0 radical (unpaired) electrons. The van der Waals surface area contributed by atoms with E-state index >= 15 is 0 Å².